The molecule has 0 aliphatic rings. The molecule has 2 atom stereocenters. The summed E-state index contributed by atoms with van der Waals surface area (Å²) in [7, 11) is 0. The molecule has 0 saturated carbocycles. The van der Waals surface area contributed by atoms with Crippen molar-refractivity contribution in [3.8, 4) is 0 Å². The number of hydrogen-bond acceptors (Lipinski definition) is 3. The van der Waals surface area contributed by atoms with Crippen LogP contribution in [-0.2, 0) is 9.59 Å². The summed E-state index contributed by atoms with van der Waals surface area (Å²) >= 11 is 0. The van der Waals surface area contributed by atoms with E-state index in [0.29, 0.717) is 6.54 Å². The maximum absolute atomic E-state index is 11.9. The Morgan fingerprint density at radius 2 is 1.89 bits per heavy atom. The number of urea groups is 1. The van der Waals surface area contributed by atoms with Crippen molar-refractivity contribution in [2.75, 3.05) is 6.54 Å². The minimum absolute atomic E-state index is 0.00183. The van der Waals surface area contributed by atoms with E-state index < -0.39 is 30.4 Å². The fourth-order valence-corrected chi connectivity index (χ4v) is 1.51. The van der Waals surface area contributed by atoms with E-state index in [9.17, 15) is 14.4 Å². The maximum Gasteiger partial charge on any atom is 0.326 e. The third kappa shape index (κ3) is 5.03. The Labute approximate surface area is 106 Å². The van der Waals surface area contributed by atoms with E-state index in [-0.39, 0.29) is 6.04 Å². The second kappa shape index (κ2) is 7.52. The number of carboxylic acids is 1. The van der Waals surface area contributed by atoms with Gasteiger partial charge in [0.1, 0.15) is 6.04 Å². The summed E-state index contributed by atoms with van der Waals surface area (Å²) in [5.74, 6) is -2.04. The standard InChI is InChI=1S/C11H21N3O4/c1-4-7(3)14(5-2)11(18)13-8(10(16)17)6-9(12)15/h7-8H,4-6H2,1-3H3,(H2,12,15)(H,13,18)(H,16,17)/t7?,8-/m1/s1. The molecule has 0 radical (unpaired) electrons. The quantitative estimate of drug-likeness (QED) is 0.603. The van der Waals surface area contributed by atoms with Crippen LogP contribution in [0.5, 0.6) is 0 Å². The van der Waals surface area contributed by atoms with Gasteiger partial charge in [-0.25, -0.2) is 9.59 Å². The van der Waals surface area contributed by atoms with Crippen molar-refractivity contribution in [1.82, 2.24) is 10.2 Å². The Bertz CT molecular complexity index is 319. The molecule has 3 amide bonds. The van der Waals surface area contributed by atoms with Crippen molar-refractivity contribution in [2.24, 2.45) is 5.73 Å². The van der Waals surface area contributed by atoms with Crippen LogP contribution in [0.15, 0.2) is 0 Å². The summed E-state index contributed by atoms with van der Waals surface area (Å²) < 4.78 is 0. The molecule has 0 aliphatic heterocycles. The number of carbonyl (C=O) groups excluding carboxylic acids is 2. The third-order valence-corrected chi connectivity index (χ3v) is 2.73. The lowest BCUT2D eigenvalue weighted by atomic mass is 10.2. The fraction of sp³-hybridized carbons (Fsp3) is 0.727. The smallest absolute Gasteiger partial charge is 0.326 e. The predicted molar refractivity (Wildman–Crippen MR) is 65.9 cm³/mol. The van der Waals surface area contributed by atoms with E-state index in [1.165, 1.54) is 4.90 Å². The lowest BCUT2D eigenvalue weighted by molar-refractivity contribution is -0.141. The summed E-state index contributed by atoms with van der Waals surface area (Å²) in [6, 6.07) is -1.79. The summed E-state index contributed by atoms with van der Waals surface area (Å²) in [6.07, 6.45) is 0.341. The molecule has 18 heavy (non-hydrogen) atoms. The number of carbonyl (C=O) groups is 3. The van der Waals surface area contributed by atoms with Gasteiger partial charge in [0.25, 0.3) is 0 Å². The van der Waals surface area contributed by atoms with E-state index in [2.05, 4.69) is 5.32 Å². The number of nitrogens with two attached hydrogens (primary N) is 1. The fourth-order valence-electron chi connectivity index (χ4n) is 1.51. The van der Waals surface area contributed by atoms with Crippen LogP contribution in [0, 0.1) is 0 Å². The second-order valence-electron chi connectivity index (χ2n) is 4.05. The summed E-state index contributed by atoms with van der Waals surface area (Å²) in [5.41, 5.74) is 4.93. The molecule has 4 N–H and O–H groups in total. The third-order valence-electron chi connectivity index (χ3n) is 2.73. The average Bonchev–Trinajstić information content (AvgIpc) is 2.27. The molecule has 7 nitrogen and oxygen atoms in total. The summed E-state index contributed by atoms with van der Waals surface area (Å²) in [4.78, 5) is 35.0. The molecule has 104 valence electrons. The Morgan fingerprint density at radius 3 is 2.22 bits per heavy atom. The Hall–Kier alpha value is -1.79. The van der Waals surface area contributed by atoms with Gasteiger partial charge < -0.3 is 21.1 Å². The van der Waals surface area contributed by atoms with Crippen molar-refractivity contribution in [1.29, 1.82) is 0 Å². The summed E-state index contributed by atoms with van der Waals surface area (Å²) in [6.45, 7) is 6.06. The minimum Gasteiger partial charge on any atom is -0.480 e. The highest BCUT2D eigenvalue weighted by Gasteiger charge is 2.25. The molecule has 0 spiro atoms. The number of nitrogens with one attached hydrogen (secondary N) is 1. The van der Waals surface area contributed by atoms with Crippen LogP contribution in [-0.4, -0.2) is 46.5 Å². The zero-order chi connectivity index (χ0) is 14.3. The summed E-state index contributed by atoms with van der Waals surface area (Å²) in [5, 5.41) is 11.2. The molecule has 0 fully saturated rings. The maximum atomic E-state index is 11.9. The van der Waals surface area contributed by atoms with Gasteiger partial charge in [0.05, 0.1) is 6.42 Å². The number of amides is 3. The van der Waals surface area contributed by atoms with Gasteiger partial charge in [-0.05, 0) is 20.3 Å². The number of carboxylic acid groups (broad SMARTS) is 1. The van der Waals surface area contributed by atoms with Crippen LogP contribution < -0.4 is 11.1 Å². The van der Waals surface area contributed by atoms with Crippen molar-refractivity contribution in [2.45, 2.75) is 45.7 Å². The predicted octanol–water partition coefficient (Wildman–Crippen LogP) is 0.145. The van der Waals surface area contributed by atoms with Crippen LogP contribution >= 0.6 is 0 Å². The number of primary amides is 1. The van der Waals surface area contributed by atoms with Gasteiger partial charge in [-0.2, -0.15) is 0 Å². The van der Waals surface area contributed by atoms with Crippen molar-refractivity contribution in [3.05, 3.63) is 0 Å². The molecule has 0 aromatic rings. The molecule has 7 heteroatoms. The van der Waals surface area contributed by atoms with Crippen molar-refractivity contribution < 1.29 is 19.5 Å². The van der Waals surface area contributed by atoms with Crippen LogP contribution in [0.25, 0.3) is 0 Å². The first kappa shape index (κ1) is 16.2. The van der Waals surface area contributed by atoms with E-state index >= 15 is 0 Å². The molecule has 0 aliphatic carbocycles. The first-order valence-corrected chi connectivity index (χ1v) is 5.91. The van der Waals surface area contributed by atoms with Crippen molar-refractivity contribution in [3.63, 3.8) is 0 Å². The van der Waals surface area contributed by atoms with Crippen LogP contribution in [0.1, 0.15) is 33.6 Å². The van der Waals surface area contributed by atoms with Crippen LogP contribution in [0.3, 0.4) is 0 Å². The van der Waals surface area contributed by atoms with Gasteiger partial charge >= 0.3 is 12.0 Å². The SMILES string of the molecule is CCC(C)N(CC)C(=O)N[C@H](CC(N)=O)C(=O)O. The van der Waals surface area contributed by atoms with Crippen LogP contribution in [0.4, 0.5) is 4.79 Å². The number of aliphatic carboxylic acids is 1. The van der Waals surface area contributed by atoms with Crippen molar-refractivity contribution >= 4 is 17.9 Å². The van der Waals surface area contributed by atoms with E-state index in [1.54, 1.807) is 6.92 Å². The van der Waals surface area contributed by atoms with E-state index in [0.717, 1.165) is 6.42 Å². The van der Waals surface area contributed by atoms with Gasteiger partial charge in [0, 0.05) is 12.6 Å². The van der Waals surface area contributed by atoms with Gasteiger partial charge in [-0.1, -0.05) is 6.92 Å². The Kier molecular flexibility index (Phi) is 6.77. The van der Waals surface area contributed by atoms with Crippen LogP contribution in [0.2, 0.25) is 0 Å². The highest BCUT2D eigenvalue weighted by atomic mass is 16.4. The normalized spacial score (nSPS) is 13.5. The molecule has 0 saturated heterocycles. The Morgan fingerprint density at radius 1 is 1.33 bits per heavy atom. The molecule has 0 bridgehead atoms. The number of nitrogens with zero attached hydrogens (tertiary/aromatic N) is 1. The lowest BCUT2D eigenvalue weighted by Gasteiger charge is -2.28. The molecule has 0 heterocycles. The zero-order valence-electron chi connectivity index (χ0n) is 11.0. The number of hydrogen-bond donors (Lipinski definition) is 3. The van der Waals surface area contributed by atoms with Gasteiger partial charge in [0.15, 0.2) is 0 Å². The topological polar surface area (TPSA) is 113 Å². The van der Waals surface area contributed by atoms with E-state index in [1.807, 2.05) is 13.8 Å². The van der Waals surface area contributed by atoms with Gasteiger partial charge in [-0.3, -0.25) is 4.79 Å². The monoisotopic (exact) mass is 259 g/mol. The highest BCUT2D eigenvalue weighted by molar-refractivity contribution is 5.87. The zero-order valence-corrected chi connectivity index (χ0v) is 11.0. The van der Waals surface area contributed by atoms with Gasteiger partial charge in [0.2, 0.25) is 5.91 Å². The molecular weight excluding hydrogens is 238 g/mol. The molecule has 0 aromatic heterocycles. The molecule has 1 unspecified atom stereocenters. The Balaban J connectivity index is 4.66. The minimum atomic E-state index is -1.28. The first-order chi connectivity index (χ1) is 8.33. The van der Waals surface area contributed by atoms with E-state index in [4.69, 9.17) is 10.8 Å². The first-order valence-electron chi connectivity index (χ1n) is 5.91. The second-order valence-corrected chi connectivity index (χ2v) is 4.05. The average molecular weight is 259 g/mol. The lowest BCUT2D eigenvalue weighted by Crippen LogP contribution is -2.51. The van der Waals surface area contributed by atoms with Gasteiger partial charge in [-0.15, -0.1) is 0 Å². The largest absolute Gasteiger partial charge is 0.480 e. The highest BCUT2D eigenvalue weighted by Crippen LogP contribution is 2.04. The molecule has 0 aromatic carbocycles. The molecule has 0 rings (SSSR count). The number of rotatable bonds is 7. The molecular formula is C11H21N3O4.